The molecule has 3 rings (SSSR count). The summed E-state index contributed by atoms with van der Waals surface area (Å²) in [5.74, 6) is 1.69. The minimum Gasteiger partial charge on any atom is -0.378 e. The smallest absolute Gasteiger partial charge is 0.110 e. The predicted molar refractivity (Wildman–Crippen MR) is 72.7 cm³/mol. The highest BCUT2D eigenvalue weighted by atomic mass is 16.5. The molecule has 3 heteroatoms. The van der Waals surface area contributed by atoms with E-state index in [1.54, 1.807) is 0 Å². The molecule has 0 amide bonds. The SMILES string of the molecule is CCCCOC1CC(c2nc3ccccc3[nH]2)C1. The van der Waals surface area contributed by atoms with Gasteiger partial charge in [0.2, 0.25) is 0 Å². The number of nitrogens with one attached hydrogen (secondary N) is 1. The monoisotopic (exact) mass is 244 g/mol. The third-order valence-electron chi connectivity index (χ3n) is 3.74. The highest BCUT2D eigenvalue weighted by Crippen LogP contribution is 2.38. The first-order valence-corrected chi connectivity index (χ1v) is 6.93. The van der Waals surface area contributed by atoms with E-state index in [2.05, 4.69) is 29.0 Å². The largest absolute Gasteiger partial charge is 0.378 e. The Kier molecular flexibility index (Phi) is 3.33. The molecule has 2 aromatic rings. The van der Waals surface area contributed by atoms with Gasteiger partial charge in [-0.2, -0.15) is 0 Å². The van der Waals surface area contributed by atoms with E-state index in [1.165, 1.54) is 12.8 Å². The molecule has 0 aliphatic heterocycles. The van der Waals surface area contributed by atoms with Gasteiger partial charge in [-0.15, -0.1) is 0 Å². The van der Waals surface area contributed by atoms with Gasteiger partial charge in [0.1, 0.15) is 5.82 Å². The molecular weight excluding hydrogens is 224 g/mol. The Balaban J connectivity index is 1.57. The summed E-state index contributed by atoms with van der Waals surface area (Å²) in [4.78, 5) is 8.07. The summed E-state index contributed by atoms with van der Waals surface area (Å²) in [5, 5.41) is 0. The third-order valence-corrected chi connectivity index (χ3v) is 3.74. The second-order valence-electron chi connectivity index (χ2n) is 5.15. The third kappa shape index (κ3) is 2.27. The molecule has 0 bridgehead atoms. The van der Waals surface area contributed by atoms with Crippen LogP contribution in [0.2, 0.25) is 0 Å². The van der Waals surface area contributed by atoms with Crippen molar-refractivity contribution in [2.75, 3.05) is 6.61 Å². The molecule has 1 saturated carbocycles. The van der Waals surface area contributed by atoms with Crippen LogP contribution >= 0.6 is 0 Å². The summed E-state index contributed by atoms with van der Waals surface area (Å²) < 4.78 is 5.80. The van der Waals surface area contributed by atoms with Gasteiger partial charge in [0.25, 0.3) is 0 Å². The van der Waals surface area contributed by atoms with Gasteiger partial charge in [-0.1, -0.05) is 25.5 Å². The molecular formula is C15H20N2O. The van der Waals surface area contributed by atoms with Crippen molar-refractivity contribution in [3.63, 3.8) is 0 Å². The maximum absolute atomic E-state index is 5.80. The summed E-state index contributed by atoms with van der Waals surface area (Å²) in [6.07, 6.45) is 5.06. The first kappa shape index (κ1) is 11.7. The minimum absolute atomic E-state index is 0.453. The van der Waals surface area contributed by atoms with E-state index in [9.17, 15) is 0 Å². The lowest BCUT2D eigenvalue weighted by Crippen LogP contribution is -2.30. The molecule has 18 heavy (non-hydrogen) atoms. The molecule has 96 valence electrons. The number of imidazole rings is 1. The first-order valence-electron chi connectivity index (χ1n) is 6.93. The Morgan fingerprint density at radius 3 is 2.94 bits per heavy atom. The van der Waals surface area contributed by atoms with Gasteiger partial charge in [0.15, 0.2) is 0 Å². The number of unbranched alkanes of at least 4 members (excludes halogenated alkanes) is 1. The maximum atomic E-state index is 5.80. The zero-order chi connectivity index (χ0) is 12.4. The van der Waals surface area contributed by atoms with Crippen LogP contribution in [0.4, 0.5) is 0 Å². The summed E-state index contributed by atoms with van der Waals surface area (Å²) in [6.45, 7) is 3.11. The van der Waals surface area contributed by atoms with Crippen LogP contribution in [0.15, 0.2) is 24.3 Å². The molecule has 1 aromatic heterocycles. The highest BCUT2D eigenvalue weighted by Gasteiger charge is 2.32. The quantitative estimate of drug-likeness (QED) is 0.816. The molecule has 0 radical (unpaired) electrons. The Labute approximate surface area is 108 Å². The number of rotatable bonds is 5. The van der Waals surface area contributed by atoms with E-state index in [1.807, 2.05) is 12.1 Å². The molecule has 3 nitrogen and oxygen atoms in total. The summed E-state index contributed by atoms with van der Waals surface area (Å²) in [5.41, 5.74) is 2.21. The molecule has 0 unspecified atom stereocenters. The van der Waals surface area contributed by atoms with E-state index in [0.717, 1.165) is 36.3 Å². The van der Waals surface area contributed by atoms with E-state index >= 15 is 0 Å². The number of aromatic nitrogens is 2. The van der Waals surface area contributed by atoms with Crippen molar-refractivity contribution in [3.05, 3.63) is 30.1 Å². The van der Waals surface area contributed by atoms with Crippen LogP contribution in [0, 0.1) is 0 Å². The second kappa shape index (κ2) is 5.11. The van der Waals surface area contributed by atoms with Crippen LogP contribution in [0.1, 0.15) is 44.3 Å². The first-order chi connectivity index (χ1) is 8.86. The van der Waals surface area contributed by atoms with Crippen molar-refractivity contribution in [3.8, 4) is 0 Å². The van der Waals surface area contributed by atoms with Gasteiger partial charge in [-0.3, -0.25) is 0 Å². The van der Waals surface area contributed by atoms with Crippen LogP contribution in [0.25, 0.3) is 11.0 Å². The Hall–Kier alpha value is -1.35. The van der Waals surface area contributed by atoms with Gasteiger partial charge < -0.3 is 9.72 Å². The standard InChI is InChI=1S/C15H20N2O/c1-2-3-8-18-12-9-11(10-12)15-16-13-6-4-5-7-14(13)17-15/h4-7,11-12H,2-3,8-10H2,1H3,(H,16,17). The van der Waals surface area contributed by atoms with E-state index in [-0.39, 0.29) is 0 Å². The van der Waals surface area contributed by atoms with Crippen LogP contribution in [0.5, 0.6) is 0 Å². The van der Waals surface area contributed by atoms with E-state index < -0.39 is 0 Å². The normalized spacial score (nSPS) is 23.2. The number of hydrogen-bond acceptors (Lipinski definition) is 2. The fraction of sp³-hybridized carbons (Fsp3) is 0.533. The van der Waals surface area contributed by atoms with E-state index in [4.69, 9.17) is 4.74 Å². The number of H-pyrrole nitrogens is 1. The molecule has 1 fully saturated rings. The average molecular weight is 244 g/mol. The summed E-state index contributed by atoms with van der Waals surface area (Å²) >= 11 is 0. The van der Waals surface area contributed by atoms with Gasteiger partial charge in [0, 0.05) is 12.5 Å². The van der Waals surface area contributed by atoms with Crippen LogP contribution in [-0.4, -0.2) is 22.7 Å². The molecule has 1 heterocycles. The fourth-order valence-electron chi connectivity index (χ4n) is 2.49. The lowest BCUT2D eigenvalue weighted by molar-refractivity contribution is -0.0127. The Morgan fingerprint density at radius 2 is 2.17 bits per heavy atom. The number of benzene rings is 1. The molecule has 1 aliphatic rings. The Bertz CT molecular complexity index is 481. The number of nitrogens with zero attached hydrogens (tertiary/aromatic N) is 1. The molecule has 1 N–H and O–H groups in total. The van der Waals surface area contributed by atoms with Crippen molar-refractivity contribution in [1.82, 2.24) is 9.97 Å². The number of hydrogen-bond donors (Lipinski definition) is 1. The molecule has 0 saturated heterocycles. The fourth-order valence-corrected chi connectivity index (χ4v) is 2.49. The predicted octanol–water partition coefficient (Wildman–Crippen LogP) is 3.63. The molecule has 1 aliphatic carbocycles. The summed E-state index contributed by atoms with van der Waals surface area (Å²) in [6, 6.07) is 8.22. The second-order valence-corrected chi connectivity index (χ2v) is 5.15. The molecule has 0 atom stereocenters. The van der Waals surface area contributed by atoms with Crippen molar-refractivity contribution >= 4 is 11.0 Å². The zero-order valence-electron chi connectivity index (χ0n) is 10.9. The summed E-state index contributed by atoms with van der Waals surface area (Å²) in [7, 11) is 0. The topological polar surface area (TPSA) is 37.9 Å². The zero-order valence-corrected chi connectivity index (χ0v) is 10.9. The van der Waals surface area contributed by atoms with Gasteiger partial charge in [-0.25, -0.2) is 4.98 Å². The van der Waals surface area contributed by atoms with Crippen molar-refractivity contribution in [1.29, 1.82) is 0 Å². The lowest BCUT2D eigenvalue weighted by Gasteiger charge is -2.33. The van der Waals surface area contributed by atoms with Gasteiger partial charge in [-0.05, 0) is 31.4 Å². The van der Waals surface area contributed by atoms with E-state index in [0.29, 0.717) is 12.0 Å². The van der Waals surface area contributed by atoms with Crippen molar-refractivity contribution in [2.24, 2.45) is 0 Å². The lowest BCUT2D eigenvalue weighted by atomic mass is 9.82. The number of para-hydroxylation sites is 2. The molecule has 0 spiro atoms. The number of ether oxygens (including phenoxy) is 1. The minimum atomic E-state index is 0.453. The van der Waals surface area contributed by atoms with Crippen molar-refractivity contribution < 1.29 is 4.74 Å². The number of fused-ring (bicyclic) bond motifs is 1. The van der Waals surface area contributed by atoms with Crippen molar-refractivity contribution in [2.45, 2.75) is 44.6 Å². The van der Waals surface area contributed by atoms with Gasteiger partial charge >= 0.3 is 0 Å². The Morgan fingerprint density at radius 1 is 1.33 bits per heavy atom. The number of aromatic amines is 1. The van der Waals surface area contributed by atoms with Gasteiger partial charge in [0.05, 0.1) is 17.1 Å². The average Bonchev–Trinajstić information content (AvgIpc) is 2.75. The maximum Gasteiger partial charge on any atom is 0.110 e. The van der Waals surface area contributed by atoms with Crippen LogP contribution in [0.3, 0.4) is 0 Å². The van der Waals surface area contributed by atoms with Crippen LogP contribution < -0.4 is 0 Å². The van der Waals surface area contributed by atoms with Crippen LogP contribution in [-0.2, 0) is 4.74 Å². The molecule has 1 aromatic carbocycles. The highest BCUT2D eigenvalue weighted by molar-refractivity contribution is 5.74.